The second-order valence-corrected chi connectivity index (χ2v) is 4.93. The van der Waals surface area contributed by atoms with E-state index in [-0.39, 0.29) is 13.0 Å². The summed E-state index contributed by atoms with van der Waals surface area (Å²) >= 11 is 0. The molecule has 1 N–H and O–H groups in total. The third kappa shape index (κ3) is 2.63. The first-order valence-corrected chi connectivity index (χ1v) is 5.95. The Morgan fingerprint density at radius 1 is 1.37 bits per heavy atom. The molecule has 0 aromatic heterocycles. The Morgan fingerprint density at radius 2 is 1.89 bits per heavy atom. The number of rotatable bonds is 3. The highest BCUT2D eigenvalue weighted by Crippen LogP contribution is 2.39. The third-order valence-corrected chi connectivity index (χ3v) is 3.23. The van der Waals surface area contributed by atoms with Gasteiger partial charge in [-0.3, -0.25) is 4.55 Å². The maximum atomic E-state index is 13.4. The number of cyclic esters (lactones) is 1. The molecule has 0 aliphatic carbocycles. The normalized spacial score (nSPS) is 23.6. The molecule has 0 aromatic rings. The van der Waals surface area contributed by atoms with Gasteiger partial charge in [-0.05, 0) is 0 Å². The zero-order chi connectivity index (χ0) is 15.1. The molecule has 110 valence electrons. The van der Waals surface area contributed by atoms with E-state index in [0.717, 1.165) is 0 Å². The summed E-state index contributed by atoms with van der Waals surface area (Å²) in [6.07, 6.45) is -8.49. The second-order valence-electron chi connectivity index (χ2n) is 3.42. The number of hydrogen-bond donors (Lipinski definition) is 1. The molecule has 2 unspecified atom stereocenters. The highest BCUT2D eigenvalue weighted by atomic mass is 32.2. The fourth-order valence-corrected chi connectivity index (χ4v) is 1.71. The minimum Gasteiger partial charge on any atom is -0.463 e. The standard InChI is InChI=1S/C7H6F4O7S/c8-6(7(9,10)11,19(14,15)16)5(13)18-3-1-2-17-4(3)12/h3H,1-2H2,(H,14,15,16). The van der Waals surface area contributed by atoms with Crippen molar-refractivity contribution in [3.63, 3.8) is 0 Å². The van der Waals surface area contributed by atoms with Crippen molar-refractivity contribution in [3.8, 4) is 0 Å². The molecule has 0 spiro atoms. The van der Waals surface area contributed by atoms with Gasteiger partial charge in [0.25, 0.3) is 0 Å². The quantitative estimate of drug-likeness (QED) is 0.443. The van der Waals surface area contributed by atoms with Gasteiger partial charge in [-0.2, -0.15) is 21.6 Å². The monoisotopic (exact) mass is 310 g/mol. The predicted octanol–water partition coefficient (Wildman–Crippen LogP) is -0.0390. The summed E-state index contributed by atoms with van der Waals surface area (Å²) in [5.74, 6) is -4.19. The van der Waals surface area contributed by atoms with Crippen LogP contribution in [0, 0.1) is 0 Å². The van der Waals surface area contributed by atoms with Crippen molar-refractivity contribution < 1.29 is 49.6 Å². The molecule has 12 heteroatoms. The SMILES string of the molecule is O=C1OCCC1OC(=O)C(F)(C(F)(F)F)S(=O)(=O)O. The van der Waals surface area contributed by atoms with Crippen molar-refractivity contribution in [2.75, 3.05) is 6.61 Å². The second kappa shape index (κ2) is 4.59. The van der Waals surface area contributed by atoms with Crippen LogP contribution >= 0.6 is 0 Å². The summed E-state index contributed by atoms with van der Waals surface area (Å²) in [5, 5.41) is -5.66. The van der Waals surface area contributed by atoms with Gasteiger partial charge in [0, 0.05) is 6.42 Å². The van der Waals surface area contributed by atoms with Crippen LogP contribution in [0.4, 0.5) is 17.6 Å². The van der Waals surface area contributed by atoms with E-state index in [2.05, 4.69) is 9.47 Å². The zero-order valence-corrected chi connectivity index (χ0v) is 9.62. The molecule has 0 bridgehead atoms. The first-order valence-electron chi connectivity index (χ1n) is 4.51. The third-order valence-electron chi connectivity index (χ3n) is 2.12. The van der Waals surface area contributed by atoms with Crippen LogP contribution in [0.1, 0.15) is 6.42 Å². The van der Waals surface area contributed by atoms with E-state index in [1.165, 1.54) is 0 Å². The first-order chi connectivity index (χ1) is 8.41. The van der Waals surface area contributed by atoms with Gasteiger partial charge in [-0.15, -0.1) is 0 Å². The van der Waals surface area contributed by atoms with Crippen LogP contribution in [0.2, 0.25) is 0 Å². The molecule has 1 rings (SSSR count). The Kier molecular flexibility index (Phi) is 3.78. The Bertz CT molecular complexity index is 498. The van der Waals surface area contributed by atoms with Gasteiger partial charge in [-0.25, -0.2) is 14.0 Å². The van der Waals surface area contributed by atoms with Gasteiger partial charge < -0.3 is 9.47 Å². The Labute approximate surface area is 103 Å². The summed E-state index contributed by atoms with van der Waals surface area (Å²) in [6, 6.07) is 0. The van der Waals surface area contributed by atoms with Crippen molar-refractivity contribution in [1.82, 2.24) is 0 Å². The number of hydrogen-bond acceptors (Lipinski definition) is 6. The Morgan fingerprint density at radius 3 is 2.21 bits per heavy atom. The van der Waals surface area contributed by atoms with Crippen molar-refractivity contribution in [1.29, 1.82) is 0 Å². The van der Waals surface area contributed by atoms with Gasteiger partial charge in [0.2, 0.25) is 6.10 Å². The minimum absolute atomic E-state index is 0.284. The molecule has 7 nitrogen and oxygen atoms in total. The molecule has 1 saturated heterocycles. The lowest BCUT2D eigenvalue weighted by Crippen LogP contribution is -2.55. The molecule has 0 amide bonds. The lowest BCUT2D eigenvalue weighted by Gasteiger charge is -2.23. The van der Waals surface area contributed by atoms with E-state index < -0.39 is 39.3 Å². The minimum atomic E-state index is -6.50. The van der Waals surface area contributed by atoms with Crippen molar-refractivity contribution in [2.45, 2.75) is 23.7 Å². The van der Waals surface area contributed by atoms with Crippen LogP contribution in [0.15, 0.2) is 0 Å². The van der Waals surface area contributed by atoms with Crippen LogP contribution in [0.5, 0.6) is 0 Å². The molecular formula is C7H6F4O7S. The van der Waals surface area contributed by atoms with Gasteiger partial charge in [0.05, 0.1) is 6.61 Å². The van der Waals surface area contributed by atoms with Crippen LogP contribution in [0.25, 0.3) is 0 Å². The molecule has 1 fully saturated rings. The van der Waals surface area contributed by atoms with Crippen LogP contribution in [0.3, 0.4) is 0 Å². The molecular weight excluding hydrogens is 304 g/mol. The van der Waals surface area contributed by atoms with Gasteiger partial charge in [0.1, 0.15) is 0 Å². The van der Waals surface area contributed by atoms with E-state index >= 15 is 0 Å². The zero-order valence-electron chi connectivity index (χ0n) is 8.81. The molecule has 1 heterocycles. The van der Waals surface area contributed by atoms with Gasteiger partial charge >= 0.3 is 33.2 Å². The average molecular weight is 310 g/mol. The number of esters is 2. The smallest absolute Gasteiger partial charge is 0.451 e. The van der Waals surface area contributed by atoms with Crippen molar-refractivity contribution >= 4 is 22.1 Å². The highest BCUT2D eigenvalue weighted by Gasteiger charge is 2.73. The van der Waals surface area contributed by atoms with E-state index in [4.69, 9.17) is 4.55 Å². The maximum Gasteiger partial charge on any atom is 0.451 e. The fraction of sp³-hybridized carbons (Fsp3) is 0.714. The van der Waals surface area contributed by atoms with Gasteiger partial charge in [0.15, 0.2) is 0 Å². The van der Waals surface area contributed by atoms with Crippen LogP contribution in [-0.2, 0) is 29.2 Å². The van der Waals surface area contributed by atoms with Crippen molar-refractivity contribution in [3.05, 3.63) is 0 Å². The fourth-order valence-electron chi connectivity index (χ4n) is 1.16. The molecule has 2 atom stereocenters. The summed E-state index contributed by atoms with van der Waals surface area (Å²) in [5.41, 5.74) is 0. The lowest BCUT2D eigenvalue weighted by molar-refractivity contribution is -0.218. The van der Waals surface area contributed by atoms with Crippen molar-refractivity contribution in [2.24, 2.45) is 0 Å². The molecule has 0 aromatic carbocycles. The highest BCUT2D eigenvalue weighted by molar-refractivity contribution is 7.88. The van der Waals surface area contributed by atoms with Crippen LogP contribution in [-0.4, -0.2) is 48.8 Å². The number of halogens is 4. The largest absolute Gasteiger partial charge is 0.463 e. The molecule has 1 aliphatic rings. The summed E-state index contributed by atoms with van der Waals surface area (Å²) in [4.78, 5) is 21.8. The Hall–Kier alpha value is -1.43. The Balaban J connectivity index is 3.07. The summed E-state index contributed by atoms with van der Waals surface area (Å²) < 4.78 is 87.4. The van der Waals surface area contributed by atoms with E-state index in [1.807, 2.05) is 0 Å². The molecule has 0 radical (unpaired) electrons. The maximum absolute atomic E-state index is 13.4. The van der Waals surface area contributed by atoms with Gasteiger partial charge in [-0.1, -0.05) is 0 Å². The molecule has 0 saturated carbocycles. The lowest BCUT2D eigenvalue weighted by atomic mass is 10.3. The number of alkyl halides is 4. The topological polar surface area (TPSA) is 107 Å². The average Bonchev–Trinajstić information content (AvgIpc) is 2.59. The van der Waals surface area contributed by atoms with E-state index in [9.17, 15) is 35.6 Å². The summed E-state index contributed by atoms with van der Waals surface area (Å²) in [7, 11) is -6.50. The predicted molar refractivity (Wildman–Crippen MR) is 46.9 cm³/mol. The number of ether oxygens (including phenoxy) is 2. The van der Waals surface area contributed by atoms with E-state index in [1.54, 1.807) is 0 Å². The summed E-state index contributed by atoms with van der Waals surface area (Å²) in [6.45, 7) is -0.284. The molecule has 1 aliphatic heterocycles. The number of carbonyl (C=O) groups is 2. The number of carbonyl (C=O) groups excluding carboxylic acids is 2. The van der Waals surface area contributed by atoms with E-state index in [0.29, 0.717) is 0 Å². The first kappa shape index (κ1) is 15.6. The van der Waals surface area contributed by atoms with Crippen LogP contribution < -0.4 is 0 Å². The molecule has 19 heavy (non-hydrogen) atoms.